The van der Waals surface area contributed by atoms with Crippen molar-refractivity contribution in [2.24, 2.45) is 0 Å². The molecular weight excluding hydrogens is 645 g/mol. The summed E-state index contributed by atoms with van der Waals surface area (Å²) in [6.45, 7) is 3.14. The molecule has 2 bridgehead atoms. The number of anilines is 2. The van der Waals surface area contributed by atoms with Crippen LogP contribution in [0.25, 0.3) is 32.2 Å². The SMILES string of the molecule is CN1CCC(F)(COc2nc(N3C4CCC3CN(CCCO)C4)c3c4c(c(-c5ncc(F)c6sc(N)c(C#N)c56)c(F)c3n2)COC4)C1. The molecule has 1 aromatic carbocycles. The number of nitrogen functional groups attached to an aromatic ring is 1. The number of fused-ring (bicyclic) bond motifs is 6. The number of aromatic nitrogens is 3. The monoisotopic (exact) mass is 680 g/mol. The van der Waals surface area contributed by atoms with Crippen LogP contribution in [0.5, 0.6) is 6.01 Å². The van der Waals surface area contributed by atoms with Gasteiger partial charge in [-0.1, -0.05) is 0 Å². The lowest BCUT2D eigenvalue weighted by molar-refractivity contribution is 0.0884. The number of pyridine rings is 1. The van der Waals surface area contributed by atoms with Gasteiger partial charge in [-0.05, 0) is 43.9 Å². The molecule has 3 saturated heterocycles. The van der Waals surface area contributed by atoms with Crippen molar-refractivity contribution in [1.82, 2.24) is 24.8 Å². The molecule has 7 heterocycles. The molecule has 4 aliphatic rings. The van der Waals surface area contributed by atoms with Crippen LogP contribution in [0.2, 0.25) is 0 Å². The largest absolute Gasteiger partial charge is 0.460 e. The Kier molecular flexibility index (Phi) is 7.84. The van der Waals surface area contributed by atoms with Gasteiger partial charge < -0.3 is 30.1 Å². The summed E-state index contributed by atoms with van der Waals surface area (Å²) in [5.41, 5.74) is 5.85. The van der Waals surface area contributed by atoms with Crippen LogP contribution in [-0.2, 0) is 18.0 Å². The fourth-order valence-electron chi connectivity index (χ4n) is 8.04. The number of nitriles is 1. The van der Waals surface area contributed by atoms with Crippen LogP contribution in [-0.4, -0.2) is 101 Å². The summed E-state index contributed by atoms with van der Waals surface area (Å²) in [6.07, 6.45) is 3.81. The molecule has 0 radical (unpaired) electrons. The summed E-state index contributed by atoms with van der Waals surface area (Å²) in [4.78, 5) is 20.3. The first-order valence-electron chi connectivity index (χ1n) is 16.2. The number of ether oxygens (including phenoxy) is 2. The van der Waals surface area contributed by atoms with Crippen molar-refractivity contribution in [3.8, 4) is 23.3 Å². The van der Waals surface area contributed by atoms with Gasteiger partial charge in [0.25, 0.3) is 0 Å². The summed E-state index contributed by atoms with van der Waals surface area (Å²) < 4.78 is 60.0. The minimum absolute atomic E-state index is 0.0296. The van der Waals surface area contributed by atoms with Gasteiger partial charge in [0.1, 0.15) is 29.0 Å². The van der Waals surface area contributed by atoms with Gasteiger partial charge in [0, 0.05) is 62.4 Å². The van der Waals surface area contributed by atoms with E-state index in [9.17, 15) is 14.8 Å². The maximum atomic E-state index is 17.3. The van der Waals surface area contributed by atoms with E-state index in [1.54, 1.807) is 0 Å². The van der Waals surface area contributed by atoms with Crippen LogP contribution in [0.15, 0.2) is 6.20 Å². The fourth-order valence-corrected chi connectivity index (χ4v) is 8.96. The number of benzene rings is 1. The third kappa shape index (κ3) is 5.04. The van der Waals surface area contributed by atoms with Crippen molar-refractivity contribution in [2.75, 3.05) is 63.6 Å². The molecule has 48 heavy (non-hydrogen) atoms. The molecule has 4 aromatic rings. The molecule has 252 valence electrons. The van der Waals surface area contributed by atoms with E-state index in [2.05, 4.69) is 19.8 Å². The average Bonchev–Trinajstić information content (AvgIpc) is 3.83. The van der Waals surface area contributed by atoms with E-state index in [0.717, 1.165) is 50.0 Å². The van der Waals surface area contributed by atoms with Gasteiger partial charge in [0.2, 0.25) is 0 Å². The number of aliphatic hydroxyl groups excluding tert-OH is 1. The molecule has 11 nitrogen and oxygen atoms in total. The van der Waals surface area contributed by atoms with E-state index in [1.165, 1.54) is 0 Å². The van der Waals surface area contributed by atoms with E-state index >= 15 is 8.78 Å². The lowest BCUT2D eigenvalue weighted by atomic mass is 9.93. The molecule has 15 heteroatoms. The smallest absolute Gasteiger partial charge is 0.319 e. The van der Waals surface area contributed by atoms with Gasteiger partial charge >= 0.3 is 6.01 Å². The quantitative estimate of drug-likeness (QED) is 0.278. The van der Waals surface area contributed by atoms with Crippen molar-refractivity contribution in [3.05, 3.63) is 34.5 Å². The maximum absolute atomic E-state index is 17.3. The number of nitrogens with zero attached hydrogens (tertiary/aromatic N) is 7. The molecule has 3 N–H and O–H groups in total. The molecule has 3 aromatic heterocycles. The first kappa shape index (κ1) is 31.5. The first-order valence-corrected chi connectivity index (χ1v) is 17.0. The van der Waals surface area contributed by atoms with Gasteiger partial charge in [-0.15, -0.1) is 11.3 Å². The van der Waals surface area contributed by atoms with Crippen molar-refractivity contribution in [2.45, 2.75) is 56.6 Å². The number of likely N-dealkylation sites (tertiary alicyclic amines) is 2. The maximum Gasteiger partial charge on any atom is 0.319 e. The minimum Gasteiger partial charge on any atom is -0.460 e. The highest BCUT2D eigenvalue weighted by atomic mass is 32.1. The van der Waals surface area contributed by atoms with Crippen molar-refractivity contribution in [3.63, 3.8) is 0 Å². The van der Waals surface area contributed by atoms with Crippen LogP contribution in [0.1, 0.15) is 42.4 Å². The Morgan fingerprint density at radius 3 is 2.67 bits per heavy atom. The number of nitrogens with two attached hydrogens (primary N) is 1. The zero-order valence-electron chi connectivity index (χ0n) is 26.4. The zero-order valence-corrected chi connectivity index (χ0v) is 27.3. The van der Waals surface area contributed by atoms with Gasteiger partial charge in [-0.25, -0.2) is 13.2 Å². The van der Waals surface area contributed by atoms with Crippen LogP contribution in [0.4, 0.5) is 24.0 Å². The van der Waals surface area contributed by atoms with E-state index in [-0.39, 0.29) is 88.5 Å². The molecule has 3 fully saturated rings. The highest BCUT2D eigenvalue weighted by Gasteiger charge is 2.43. The van der Waals surface area contributed by atoms with Gasteiger partial charge in [-0.3, -0.25) is 9.88 Å². The van der Waals surface area contributed by atoms with Gasteiger partial charge in [-0.2, -0.15) is 15.2 Å². The summed E-state index contributed by atoms with van der Waals surface area (Å²) in [7, 11) is 1.85. The lowest BCUT2D eigenvalue weighted by Gasteiger charge is -2.42. The second-order valence-corrected chi connectivity index (χ2v) is 14.4. The Bertz CT molecular complexity index is 1970. The Hall–Kier alpha value is -3.81. The highest BCUT2D eigenvalue weighted by molar-refractivity contribution is 7.23. The van der Waals surface area contributed by atoms with E-state index in [0.29, 0.717) is 41.7 Å². The summed E-state index contributed by atoms with van der Waals surface area (Å²) in [6, 6.07) is 2.06. The fraction of sp³-hybridized carbons (Fsp3) is 0.515. The standard InChI is InChI=1S/C33H35F3N8O3S/c1-42-7-5-33(36,15-42)16-47-32-40-28-25(31(41-32)44-17-3-4-18(44)12-43(11-17)6-2-8-45)21-14-46-13-20(21)23(26(28)35)27-24-19(9-37)30(38)48-29(24)22(34)10-39-27/h10,17-18,45H,2-8,11-16,38H2,1H3. The summed E-state index contributed by atoms with van der Waals surface area (Å²) in [5.74, 6) is -0.878. The number of hydrogen-bond donors (Lipinski definition) is 2. The molecule has 0 saturated carbocycles. The second kappa shape index (κ2) is 12.0. The van der Waals surface area contributed by atoms with Crippen LogP contribution < -0.4 is 15.4 Å². The molecule has 0 amide bonds. The molecule has 0 spiro atoms. The Morgan fingerprint density at radius 2 is 1.96 bits per heavy atom. The summed E-state index contributed by atoms with van der Waals surface area (Å²) in [5, 5.41) is 20.1. The molecule has 8 rings (SSSR count). The first-order chi connectivity index (χ1) is 23.2. The Balaban J connectivity index is 1.33. The number of hydrogen-bond acceptors (Lipinski definition) is 12. The van der Waals surface area contributed by atoms with Crippen LogP contribution in [0, 0.1) is 23.0 Å². The minimum atomic E-state index is -1.60. The third-order valence-electron chi connectivity index (χ3n) is 10.2. The third-order valence-corrected chi connectivity index (χ3v) is 11.2. The Morgan fingerprint density at radius 1 is 1.19 bits per heavy atom. The number of alkyl halides is 1. The van der Waals surface area contributed by atoms with Crippen LogP contribution >= 0.6 is 11.3 Å². The zero-order chi connectivity index (χ0) is 33.3. The Labute approximate surface area is 278 Å². The molecular formula is C33H35F3N8O3S. The number of halogens is 3. The van der Waals surface area contributed by atoms with E-state index < -0.39 is 17.3 Å². The predicted octanol–water partition coefficient (Wildman–Crippen LogP) is 4.13. The molecule has 3 unspecified atom stereocenters. The predicted molar refractivity (Wildman–Crippen MR) is 175 cm³/mol. The summed E-state index contributed by atoms with van der Waals surface area (Å²) >= 11 is 0.913. The second-order valence-electron chi connectivity index (χ2n) is 13.4. The van der Waals surface area contributed by atoms with Gasteiger partial charge in [0.15, 0.2) is 17.3 Å². The van der Waals surface area contributed by atoms with Crippen LogP contribution in [0.3, 0.4) is 0 Å². The van der Waals surface area contributed by atoms with Crippen molar-refractivity contribution >= 4 is 43.1 Å². The van der Waals surface area contributed by atoms with Crippen molar-refractivity contribution in [1.29, 1.82) is 5.26 Å². The average molecular weight is 681 g/mol. The van der Waals surface area contributed by atoms with E-state index in [4.69, 9.17) is 20.2 Å². The number of thiophene rings is 1. The molecule has 3 atom stereocenters. The molecule has 4 aliphatic heterocycles. The number of piperazine rings is 1. The normalized spacial score (nSPS) is 24.2. The van der Waals surface area contributed by atoms with Gasteiger partial charge in [0.05, 0.1) is 40.8 Å². The topological polar surface area (TPSA) is 137 Å². The number of aliphatic hydroxyl groups is 1. The van der Waals surface area contributed by atoms with E-state index in [1.807, 2.05) is 18.0 Å². The lowest BCUT2D eigenvalue weighted by Crippen LogP contribution is -2.54. The number of rotatable bonds is 8. The molecule has 0 aliphatic carbocycles. The highest BCUT2D eigenvalue weighted by Crippen LogP contribution is 2.48. The van der Waals surface area contributed by atoms with Crippen molar-refractivity contribution < 1.29 is 27.8 Å².